The van der Waals surface area contributed by atoms with E-state index < -0.39 is 0 Å². The third-order valence-corrected chi connectivity index (χ3v) is 3.61. The summed E-state index contributed by atoms with van der Waals surface area (Å²) in [5.74, 6) is 0. The summed E-state index contributed by atoms with van der Waals surface area (Å²) >= 11 is 0. The van der Waals surface area contributed by atoms with Gasteiger partial charge in [0.25, 0.3) is 0 Å². The summed E-state index contributed by atoms with van der Waals surface area (Å²) in [4.78, 5) is 4.84. The van der Waals surface area contributed by atoms with E-state index in [4.69, 9.17) is 4.98 Å². The van der Waals surface area contributed by atoms with Crippen molar-refractivity contribution in [3.05, 3.63) is 53.7 Å². The number of aryl methyl sites for hydroxylation is 1. The summed E-state index contributed by atoms with van der Waals surface area (Å²) in [6.45, 7) is 11.3. The zero-order valence-electron chi connectivity index (χ0n) is 12.7. The molecule has 2 heteroatoms. The highest BCUT2D eigenvalue weighted by molar-refractivity contribution is 5.82. The first-order valence-corrected chi connectivity index (χ1v) is 7.36. The van der Waals surface area contributed by atoms with Crippen LogP contribution in [0.3, 0.4) is 0 Å². The molecule has 0 aliphatic rings. The first-order valence-electron chi connectivity index (χ1n) is 7.36. The monoisotopic (exact) mass is 268 g/mol. The Labute approximate surface area is 121 Å². The van der Waals surface area contributed by atoms with Crippen molar-refractivity contribution in [1.29, 1.82) is 0 Å². The predicted molar refractivity (Wildman–Crippen MR) is 86.9 cm³/mol. The average molecular weight is 268 g/mol. The molecule has 0 aliphatic carbocycles. The maximum Gasteiger partial charge on any atom is 0.0708 e. The Hall–Kier alpha value is -1.67. The van der Waals surface area contributed by atoms with E-state index in [1.807, 2.05) is 0 Å². The van der Waals surface area contributed by atoms with E-state index in [9.17, 15) is 0 Å². The van der Waals surface area contributed by atoms with Crippen molar-refractivity contribution < 1.29 is 0 Å². The SMILES string of the molecule is C=C(C)CCC(NCC)c1cc(C)c2ccccc2n1. The van der Waals surface area contributed by atoms with E-state index in [-0.39, 0.29) is 0 Å². The quantitative estimate of drug-likeness (QED) is 0.777. The van der Waals surface area contributed by atoms with Gasteiger partial charge in [0, 0.05) is 11.4 Å². The van der Waals surface area contributed by atoms with E-state index in [2.05, 4.69) is 63.0 Å². The Bertz CT molecular complexity index is 601. The molecule has 0 spiro atoms. The van der Waals surface area contributed by atoms with E-state index in [1.165, 1.54) is 16.5 Å². The van der Waals surface area contributed by atoms with Gasteiger partial charge in [0.05, 0.1) is 11.2 Å². The van der Waals surface area contributed by atoms with E-state index in [0.717, 1.165) is 30.6 Å². The van der Waals surface area contributed by atoms with Crippen LogP contribution in [0.4, 0.5) is 0 Å². The topological polar surface area (TPSA) is 24.9 Å². The molecule has 1 atom stereocenters. The Morgan fingerprint density at radius 3 is 2.80 bits per heavy atom. The van der Waals surface area contributed by atoms with Crippen molar-refractivity contribution in [2.24, 2.45) is 0 Å². The smallest absolute Gasteiger partial charge is 0.0708 e. The second-order valence-electron chi connectivity index (χ2n) is 5.49. The minimum absolute atomic E-state index is 0.306. The second kappa shape index (κ2) is 6.67. The van der Waals surface area contributed by atoms with Gasteiger partial charge in [-0.25, -0.2) is 0 Å². The van der Waals surface area contributed by atoms with E-state index in [1.54, 1.807) is 0 Å². The zero-order valence-corrected chi connectivity index (χ0v) is 12.7. The zero-order chi connectivity index (χ0) is 14.5. The third-order valence-electron chi connectivity index (χ3n) is 3.61. The number of aromatic nitrogens is 1. The normalized spacial score (nSPS) is 12.6. The van der Waals surface area contributed by atoms with Crippen molar-refractivity contribution in [2.75, 3.05) is 6.54 Å². The minimum atomic E-state index is 0.306. The van der Waals surface area contributed by atoms with Crippen LogP contribution in [0, 0.1) is 6.92 Å². The van der Waals surface area contributed by atoms with Crippen LogP contribution < -0.4 is 5.32 Å². The van der Waals surface area contributed by atoms with Crippen LogP contribution in [0.2, 0.25) is 0 Å². The number of fused-ring (bicyclic) bond motifs is 1. The van der Waals surface area contributed by atoms with Crippen LogP contribution in [0.15, 0.2) is 42.5 Å². The molecule has 1 unspecified atom stereocenters. The molecule has 0 saturated carbocycles. The van der Waals surface area contributed by atoms with Crippen LogP contribution in [0.5, 0.6) is 0 Å². The summed E-state index contributed by atoms with van der Waals surface area (Å²) in [7, 11) is 0. The Morgan fingerprint density at radius 1 is 1.35 bits per heavy atom. The van der Waals surface area contributed by atoms with Crippen LogP contribution in [-0.2, 0) is 0 Å². The molecular weight excluding hydrogens is 244 g/mol. The van der Waals surface area contributed by atoms with Crippen molar-refractivity contribution in [1.82, 2.24) is 10.3 Å². The van der Waals surface area contributed by atoms with Gasteiger partial charge in [0.2, 0.25) is 0 Å². The molecule has 2 aromatic rings. The Balaban J connectivity index is 2.34. The van der Waals surface area contributed by atoms with Gasteiger partial charge in [0.15, 0.2) is 0 Å². The van der Waals surface area contributed by atoms with E-state index >= 15 is 0 Å². The Morgan fingerprint density at radius 2 is 2.10 bits per heavy atom. The lowest BCUT2D eigenvalue weighted by molar-refractivity contribution is 0.504. The molecule has 1 aromatic carbocycles. The number of para-hydroxylation sites is 1. The van der Waals surface area contributed by atoms with Crippen molar-refractivity contribution in [2.45, 2.75) is 39.7 Å². The molecule has 0 radical (unpaired) electrons. The maximum atomic E-state index is 4.84. The fourth-order valence-electron chi connectivity index (χ4n) is 2.55. The molecular formula is C18H24N2. The molecule has 1 aromatic heterocycles. The van der Waals surface area contributed by atoms with Crippen molar-refractivity contribution in [3.8, 4) is 0 Å². The van der Waals surface area contributed by atoms with Gasteiger partial charge in [-0.05, 0) is 50.9 Å². The number of nitrogens with zero attached hydrogens (tertiary/aromatic N) is 1. The molecule has 106 valence electrons. The van der Waals surface area contributed by atoms with E-state index in [0.29, 0.717) is 6.04 Å². The molecule has 1 N–H and O–H groups in total. The maximum absolute atomic E-state index is 4.84. The molecule has 1 heterocycles. The highest BCUT2D eigenvalue weighted by Gasteiger charge is 2.13. The molecule has 0 amide bonds. The second-order valence-corrected chi connectivity index (χ2v) is 5.49. The molecule has 20 heavy (non-hydrogen) atoms. The van der Waals surface area contributed by atoms with Gasteiger partial charge in [-0.1, -0.05) is 30.7 Å². The largest absolute Gasteiger partial charge is 0.309 e. The highest BCUT2D eigenvalue weighted by Crippen LogP contribution is 2.24. The van der Waals surface area contributed by atoms with Crippen LogP contribution in [-0.4, -0.2) is 11.5 Å². The summed E-state index contributed by atoms with van der Waals surface area (Å²) in [5, 5.41) is 4.78. The molecule has 2 rings (SSSR count). The Kier molecular flexibility index (Phi) is 4.91. The minimum Gasteiger partial charge on any atom is -0.309 e. The fourth-order valence-corrected chi connectivity index (χ4v) is 2.55. The van der Waals surface area contributed by atoms with Gasteiger partial charge in [-0.2, -0.15) is 0 Å². The summed E-state index contributed by atoms with van der Waals surface area (Å²) < 4.78 is 0. The lowest BCUT2D eigenvalue weighted by atomic mass is 10.0. The lowest BCUT2D eigenvalue weighted by Crippen LogP contribution is -2.22. The number of hydrogen-bond donors (Lipinski definition) is 1. The standard InChI is InChI=1S/C18H24N2/c1-5-19-17(11-10-13(2)3)18-12-14(4)15-8-6-7-9-16(15)20-18/h6-9,12,17,19H,2,5,10-11H2,1,3-4H3. The lowest BCUT2D eigenvalue weighted by Gasteiger charge is -2.19. The molecule has 0 bridgehead atoms. The van der Waals surface area contributed by atoms with Crippen LogP contribution in [0.25, 0.3) is 10.9 Å². The number of allylic oxidation sites excluding steroid dienone is 1. The van der Waals surface area contributed by atoms with Gasteiger partial charge in [0.1, 0.15) is 0 Å². The average Bonchev–Trinajstić information content (AvgIpc) is 2.43. The fraction of sp³-hybridized carbons (Fsp3) is 0.389. The molecule has 0 saturated heterocycles. The number of benzene rings is 1. The van der Waals surface area contributed by atoms with Gasteiger partial charge in [-0.3, -0.25) is 4.98 Å². The number of hydrogen-bond acceptors (Lipinski definition) is 2. The third kappa shape index (κ3) is 3.45. The van der Waals surface area contributed by atoms with Gasteiger partial charge < -0.3 is 5.32 Å². The van der Waals surface area contributed by atoms with Crippen LogP contribution in [0.1, 0.15) is 44.0 Å². The molecule has 0 fully saturated rings. The highest BCUT2D eigenvalue weighted by atomic mass is 14.9. The summed E-state index contributed by atoms with van der Waals surface area (Å²) in [6.07, 6.45) is 2.08. The summed E-state index contributed by atoms with van der Waals surface area (Å²) in [6, 6.07) is 10.9. The molecule has 0 aliphatic heterocycles. The summed E-state index contributed by atoms with van der Waals surface area (Å²) in [5.41, 5.74) is 4.75. The first-order chi connectivity index (χ1) is 9.61. The number of pyridine rings is 1. The first kappa shape index (κ1) is 14.7. The molecule has 2 nitrogen and oxygen atoms in total. The van der Waals surface area contributed by atoms with Gasteiger partial charge in [-0.15, -0.1) is 6.58 Å². The number of nitrogens with one attached hydrogen (secondary N) is 1. The van der Waals surface area contributed by atoms with Crippen molar-refractivity contribution >= 4 is 10.9 Å². The predicted octanol–water partition coefficient (Wildman–Crippen LogP) is 4.55. The number of rotatable bonds is 6. The van der Waals surface area contributed by atoms with Crippen LogP contribution >= 0.6 is 0 Å². The van der Waals surface area contributed by atoms with Crippen molar-refractivity contribution in [3.63, 3.8) is 0 Å². The van der Waals surface area contributed by atoms with Gasteiger partial charge >= 0.3 is 0 Å².